The van der Waals surface area contributed by atoms with Gasteiger partial charge in [-0.15, -0.1) is 0 Å². The van der Waals surface area contributed by atoms with E-state index < -0.39 is 11.7 Å². The Kier molecular flexibility index (Phi) is 4.37. The first-order valence-electron chi connectivity index (χ1n) is 6.09. The third-order valence-electron chi connectivity index (χ3n) is 2.46. The standard InChI is InChI=1S/C12H22N2O3/c1-5-6-13-7-8-14(9-10(13)15)11(16)17-12(2,3)4/h5-9H2,1-4H3. The molecule has 0 spiro atoms. The molecule has 0 N–H and O–H groups in total. The third kappa shape index (κ3) is 4.24. The first-order valence-corrected chi connectivity index (χ1v) is 6.09. The van der Waals surface area contributed by atoms with Crippen LogP contribution in [0.3, 0.4) is 0 Å². The molecule has 98 valence electrons. The quantitative estimate of drug-likeness (QED) is 0.737. The van der Waals surface area contributed by atoms with Crippen LogP contribution in [0.2, 0.25) is 0 Å². The normalized spacial score (nSPS) is 17.3. The molecular formula is C12H22N2O3. The number of nitrogens with zero attached hydrogens (tertiary/aromatic N) is 2. The maximum atomic E-state index is 11.8. The lowest BCUT2D eigenvalue weighted by Crippen LogP contribution is -2.53. The largest absolute Gasteiger partial charge is 0.444 e. The maximum absolute atomic E-state index is 11.8. The molecule has 1 aliphatic heterocycles. The van der Waals surface area contributed by atoms with Crippen molar-refractivity contribution < 1.29 is 14.3 Å². The van der Waals surface area contributed by atoms with E-state index in [9.17, 15) is 9.59 Å². The first-order chi connectivity index (χ1) is 7.83. The summed E-state index contributed by atoms with van der Waals surface area (Å²) in [5, 5.41) is 0. The zero-order valence-corrected chi connectivity index (χ0v) is 11.2. The molecule has 0 aromatic rings. The summed E-state index contributed by atoms with van der Waals surface area (Å²) < 4.78 is 5.24. The molecule has 5 heteroatoms. The van der Waals surface area contributed by atoms with E-state index in [1.807, 2.05) is 27.7 Å². The van der Waals surface area contributed by atoms with Crippen LogP contribution in [0.5, 0.6) is 0 Å². The Balaban J connectivity index is 2.49. The van der Waals surface area contributed by atoms with Gasteiger partial charge in [-0.05, 0) is 27.2 Å². The van der Waals surface area contributed by atoms with E-state index in [0.29, 0.717) is 13.1 Å². The lowest BCUT2D eigenvalue weighted by atomic mass is 10.2. The SMILES string of the molecule is CCCN1CCN(C(=O)OC(C)(C)C)CC1=O. The Morgan fingerprint density at radius 1 is 1.35 bits per heavy atom. The molecule has 0 aliphatic carbocycles. The van der Waals surface area contributed by atoms with Crippen LogP contribution in [-0.2, 0) is 9.53 Å². The van der Waals surface area contributed by atoms with Gasteiger partial charge < -0.3 is 9.64 Å². The van der Waals surface area contributed by atoms with Gasteiger partial charge in [0.15, 0.2) is 0 Å². The lowest BCUT2D eigenvalue weighted by molar-refractivity contribution is -0.135. The second kappa shape index (κ2) is 5.38. The monoisotopic (exact) mass is 242 g/mol. The van der Waals surface area contributed by atoms with E-state index in [0.717, 1.165) is 13.0 Å². The van der Waals surface area contributed by atoms with Crippen LogP contribution in [0.15, 0.2) is 0 Å². The average molecular weight is 242 g/mol. The molecule has 0 saturated carbocycles. The summed E-state index contributed by atoms with van der Waals surface area (Å²) in [5.74, 6) is 0.00367. The molecule has 0 aromatic heterocycles. The van der Waals surface area contributed by atoms with Gasteiger partial charge in [0.1, 0.15) is 12.1 Å². The van der Waals surface area contributed by atoms with Crippen LogP contribution in [0.1, 0.15) is 34.1 Å². The van der Waals surface area contributed by atoms with Gasteiger partial charge in [0, 0.05) is 19.6 Å². The van der Waals surface area contributed by atoms with Crippen LogP contribution in [0, 0.1) is 0 Å². The third-order valence-corrected chi connectivity index (χ3v) is 2.46. The summed E-state index contributed by atoms with van der Waals surface area (Å²) in [6.07, 6.45) is 0.542. The Bertz CT molecular complexity index is 297. The van der Waals surface area contributed by atoms with Crippen LogP contribution in [0.25, 0.3) is 0 Å². The molecule has 0 aromatic carbocycles. The first kappa shape index (κ1) is 13.8. The molecule has 0 radical (unpaired) electrons. The molecule has 1 heterocycles. The summed E-state index contributed by atoms with van der Waals surface area (Å²) in [4.78, 5) is 26.8. The molecule has 1 aliphatic rings. The number of ether oxygens (including phenoxy) is 1. The highest BCUT2D eigenvalue weighted by Gasteiger charge is 2.29. The number of rotatable bonds is 2. The predicted octanol–water partition coefficient (Wildman–Crippen LogP) is 1.48. The van der Waals surface area contributed by atoms with Crippen molar-refractivity contribution in [1.29, 1.82) is 0 Å². The fourth-order valence-electron chi connectivity index (χ4n) is 1.70. The highest BCUT2D eigenvalue weighted by Crippen LogP contribution is 2.12. The number of carbonyl (C=O) groups excluding carboxylic acids is 2. The van der Waals surface area contributed by atoms with Crippen LogP contribution in [0.4, 0.5) is 4.79 Å². The van der Waals surface area contributed by atoms with Crippen LogP contribution in [-0.4, -0.2) is 53.6 Å². The smallest absolute Gasteiger partial charge is 0.410 e. The number of hydrogen-bond acceptors (Lipinski definition) is 3. The van der Waals surface area contributed by atoms with Crippen molar-refractivity contribution in [2.45, 2.75) is 39.7 Å². The average Bonchev–Trinajstić information content (AvgIpc) is 2.18. The molecule has 1 rings (SSSR count). The fourth-order valence-corrected chi connectivity index (χ4v) is 1.70. The van der Waals surface area contributed by atoms with Gasteiger partial charge >= 0.3 is 6.09 Å². The molecule has 0 unspecified atom stereocenters. The van der Waals surface area contributed by atoms with Crippen molar-refractivity contribution in [1.82, 2.24) is 9.80 Å². The molecule has 2 amide bonds. The zero-order valence-electron chi connectivity index (χ0n) is 11.2. The van der Waals surface area contributed by atoms with E-state index in [-0.39, 0.29) is 12.5 Å². The van der Waals surface area contributed by atoms with Crippen molar-refractivity contribution >= 4 is 12.0 Å². The second-order valence-corrected chi connectivity index (χ2v) is 5.28. The van der Waals surface area contributed by atoms with Gasteiger partial charge in [0.2, 0.25) is 5.91 Å². The Labute approximate surface area is 103 Å². The van der Waals surface area contributed by atoms with E-state index in [2.05, 4.69) is 0 Å². The van der Waals surface area contributed by atoms with Crippen LogP contribution >= 0.6 is 0 Å². The van der Waals surface area contributed by atoms with Gasteiger partial charge in [-0.2, -0.15) is 0 Å². The van der Waals surface area contributed by atoms with Gasteiger partial charge in [-0.3, -0.25) is 9.69 Å². The van der Waals surface area contributed by atoms with Gasteiger partial charge in [0.05, 0.1) is 0 Å². The van der Waals surface area contributed by atoms with Crippen molar-refractivity contribution in [3.8, 4) is 0 Å². The van der Waals surface area contributed by atoms with Crippen molar-refractivity contribution in [2.24, 2.45) is 0 Å². The second-order valence-electron chi connectivity index (χ2n) is 5.28. The fraction of sp³-hybridized carbons (Fsp3) is 0.833. The maximum Gasteiger partial charge on any atom is 0.410 e. The highest BCUT2D eigenvalue weighted by molar-refractivity contribution is 5.83. The molecule has 17 heavy (non-hydrogen) atoms. The summed E-state index contributed by atoms with van der Waals surface area (Å²) in [6.45, 7) is 9.55. The Morgan fingerprint density at radius 3 is 2.47 bits per heavy atom. The molecule has 1 fully saturated rings. The Hall–Kier alpha value is -1.26. The summed E-state index contributed by atoms with van der Waals surface area (Å²) in [6, 6.07) is 0. The van der Waals surface area contributed by atoms with Crippen molar-refractivity contribution in [3.05, 3.63) is 0 Å². The molecule has 5 nitrogen and oxygen atoms in total. The van der Waals surface area contributed by atoms with E-state index >= 15 is 0 Å². The Morgan fingerprint density at radius 2 is 2.00 bits per heavy atom. The summed E-state index contributed by atoms with van der Waals surface area (Å²) in [5.41, 5.74) is -0.513. The number of carbonyl (C=O) groups is 2. The minimum Gasteiger partial charge on any atom is -0.444 e. The minimum absolute atomic E-state index is 0.00367. The molecule has 0 bridgehead atoms. The van der Waals surface area contributed by atoms with E-state index in [1.54, 1.807) is 4.90 Å². The number of hydrogen-bond donors (Lipinski definition) is 0. The highest BCUT2D eigenvalue weighted by atomic mass is 16.6. The number of piperazine rings is 1. The lowest BCUT2D eigenvalue weighted by Gasteiger charge is -2.35. The van der Waals surface area contributed by atoms with E-state index in [1.165, 1.54) is 4.90 Å². The van der Waals surface area contributed by atoms with E-state index in [4.69, 9.17) is 4.74 Å². The minimum atomic E-state index is -0.513. The topological polar surface area (TPSA) is 49.9 Å². The van der Waals surface area contributed by atoms with Crippen molar-refractivity contribution in [3.63, 3.8) is 0 Å². The molecule has 1 saturated heterocycles. The molecule has 0 atom stereocenters. The van der Waals surface area contributed by atoms with Gasteiger partial charge in [-0.25, -0.2) is 4.79 Å². The van der Waals surface area contributed by atoms with Gasteiger partial charge in [0.25, 0.3) is 0 Å². The molecular weight excluding hydrogens is 220 g/mol. The summed E-state index contributed by atoms with van der Waals surface area (Å²) in [7, 11) is 0. The van der Waals surface area contributed by atoms with Gasteiger partial charge in [-0.1, -0.05) is 6.92 Å². The zero-order chi connectivity index (χ0) is 13.1. The summed E-state index contributed by atoms with van der Waals surface area (Å²) >= 11 is 0. The predicted molar refractivity (Wildman–Crippen MR) is 64.7 cm³/mol. The van der Waals surface area contributed by atoms with Crippen LogP contribution < -0.4 is 0 Å². The number of amides is 2. The van der Waals surface area contributed by atoms with Crippen molar-refractivity contribution in [2.75, 3.05) is 26.2 Å².